The summed E-state index contributed by atoms with van der Waals surface area (Å²) in [4.78, 5) is 36.7. The molecule has 4 aromatic carbocycles. The van der Waals surface area contributed by atoms with E-state index in [9.17, 15) is 14.4 Å². The van der Waals surface area contributed by atoms with E-state index < -0.39 is 11.9 Å². The number of piperidine rings is 1. The first-order valence-corrected chi connectivity index (χ1v) is 20.0. The molecule has 0 atom stereocenters. The molecule has 2 amide bonds. The minimum absolute atomic E-state index is 0.0231. The highest BCUT2D eigenvalue weighted by molar-refractivity contribution is 7.81. The van der Waals surface area contributed by atoms with Crippen molar-refractivity contribution >= 4 is 116 Å². The van der Waals surface area contributed by atoms with Gasteiger partial charge in [0.1, 0.15) is 0 Å². The first-order chi connectivity index (χ1) is 28.6. The van der Waals surface area contributed by atoms with Crippen LogP contribution in [0.15, 0.2) is 114 Å². The van der Waals surface area contributed by atoms with Crippen molar-refractivity contribution in [1.82, 2.24) is 4.90 Å². The molecule has 0 spiro atoms. The first kappa shape index (κ1) is 46.7. The lowest BCUT2D eigenvalue weighted by atomic mass is 10.0. The number of carboxylic acid groups (broad SMARTS) is 1. The Morgan fingerprint density at radius 1 is 0.800 bits per heavy atom. The van der Waals surface area contributed by atoms with Gasteiger partial charge in [-0.25, -0.2) is 4.79 Å². The van der Waals surface area contributed by atoms with Crippen LogP contribution in [0.2, 0.25) is 10.0 Å². The van der Waals surface area contributed by atoms with Gasteiger partial charge >= 0.3 is 5.97 Å². The molecule has 1 saturated heterocycles. The van der Waals surface area contributed by atoms with Crippen molar-refractivity contribution < 1.29 is 23.9 Å². The largest absolute Gasteiger partial charge is 0.475 e. The lowest BCUT2D eigenvalue weighted by Crippen LogP contribution is -2.42. The number of primary amides is 1. The molecule has 5 aromatic rings. The predicted octanol–water partition coefficient (Wildman–Crippen LogP) is 9.51. The van der Waals surface area contributed by atoms with Gasteiger partial charge in [0, 0.05) is 59.0 Å². The van der Waals surface area contributed by atoms with Crippen LogP contribution >= 0.6 is 47.6 Å². The molecule has 0 aliphatic carbocycles. The number of hydrogen-bond acceptors (Lipinski definition) is 8. The molecule has 17 heteroatoms. The highest BCUT2D eigenvalue weighted by atomic mass is 35.5. The number of furan rings is 1. The summed E-state index contributed by atoms with van der Waals surface area (Å²) in [6.07, 6.45) is 5.28. The van der Waals surface area contributed by atoms with Crippen molar-refractivity contribution in [2.45, 2.75) is 25.8 Å². The average Bonchev–Trinajstić information content (AvgIpc) is 3.76. The molecular formula is C43H46Cl2N8O5S2. The van der Waals surface area contributed by atoms with E-state index in [1.54, 1.807) is 48.5 Å². The van der Waals surface area contributed by atoms with Crippen LogP contribution in [0.1, 0.15) is 46.2 Å². The number of halogens is 2. The maximum Gasteiger partial charge on any atom is 0.371 e. The fraction of sp³-hybridized carbons (Fsp3) is 0.186. The second kappa shape index (κ2) is 23.0. The van der Waals surface area contributed by atoms with E-state index >= 15 is 0 Å². The summed E-state index contributed by atoms with van der Waals surface area (Å²) in [6.45, 7) is 7.37. The number of thiocarbonyl (C=S) groups is 2. The number of anilines is 6. The van der Waals surface area contributed by atoms with Crippen LogP contribution in [0, 0.1) is 0 Å². The van der Waals surface area contributed by atoms with Crippen molar-refractivity contribution in [3.63, 3.8) is 0 Å². The average molecular weight is 890 g/mol. The number of benzene rings is 4. The maximum atomic E-state index is 11.1. The molecule has 13 nitrogen and oxygen atoms in total. The Morgan fingerprint density at radius 2 is 1.28 bits per heavy atom. The molecule has 6 rings (SSSR count). The number of nitrogens with two attached hydrogens (primary N) is 1. The normalized spacial score (nSPS) is 12.2. The second-order valence-electron chi connectivity index (χ2n) is 13.4. The lowest BCUT2D eigenvalue weighted by Gasteiger charge is -2.36. The number of carboxylic acids is 1. The molecule has 0 radical (unpaired) electrons. The fourth-order valence-electron chi connectivity index (χ4n) is 5.77. The standard InChI is InChI=1S/C21H26ClN5OS.C17H16ClN3OS.C5H4O3/c1-26-11-9-17(10-12-26)27(2)19-8-7-16(13-18(19)22)25-21(29)24-15-5-3-14(4-6-15)20(23)28;1-3-12-4-5-15(10-16(12)18)21-17(23)20-14-8-6-13(7-9-14)19-11(2)22;6-5(7)4-2-1-3-8-4/h3-8,13,17H,9-12H2,1-2H3,(H2,23,28)(H2,24,25,29);3-10H,1H2,2H3,(H,19,22)(H2,20,21,23);1-3H,(H,6,7). The summed E-state index contributed by atoms with van der Waals surface area (Å²) in [5, 5.41) is 25.4. The molecule has 1 aromatic heterocycles. The van der Waals surface area contributed by atoms with Crippen LogP contribution in [0.4, 0.5) is 34.1 Å². The van der Waals surface area contributed by atoms with Crippen molar-refractivity contribution in [3.05, 3.63) is 137 Å². The van der Waals surface area contributed by atoms with Gasteiger partial charge in [-0.05, 0) is 154 Å². The summed E-state index contributed by atoms with van der Waals surface area (Å²) >= 11 is 23.3. The highest BCUT2D eigenvalue weighted by Gasteiger charge is 2.22. The molecule has 1 fully saturated rings. The number of rotatable bonds is 10. The number of hydrogen-bond donors (Lipinski definition) is 7. The van der Waals surface area contributed by atoms with E-state index in [0.29, 0.717) is 31.9 Å². The zero-order chi connectivity index (χ0) is 43.8. The van der Waals surface area contributed by atoms with Gasteiger partial charge in [-0.3, -0.25) is 9.59 Å². The molecule has 1 aliphatic rings. The zero-order valence-electron chi connectivity index (χ0n) is 33.1. The van der Waals surface area contributed by atoms with Crippen LogP contribution in [-0.4, -0.2) is 71.2 Å². The Balaban J connectivity index is 0.000000227. The van der Waals surface area contributed by atoms with Gasteiger partial charge in [0.2, 0.25) is 17.6 Å². The van der Waals surface area contributed by atoms with E-state index in [-0.39, 0.29) is 11.7 Å². The van der Waals surface area contributed by atoms with Gasteiger partial charge in [0.05, 0.1) is 17.0 Å². The highest BCUT2D eigenvalue weighted by Crippen LogP contribution is 2.31. The zero-order valence-corrected chi connectivity index (χ0v) is 36.3. The Bertz CT molecular complexity index is 2270. The van der Waals surface area contributed by atoms with Crippen LogP contribution in [0.25, 0.3) is 6.08 Å². The van der Waals surface area contributed by atoms with Crippen molar-refractivity contribution in [2.24, 2.45) is 5.73 Å². The van der Waals surface area contributed by atoms with E-state index in [2.05, 4.69) is 61.5 Å². The number of carbonyl (C=O) groups is 3. The van der Waals surface area contributed by atoms with Gasteiger partial charge in [0.15, 0.2) is 10.2 Å². The van der Waals surface area contributed by atoms with E-state index in [0.717, 1.165) is 65.6 Å². The molecule has 1 aliphatic heterocycles. The van der Waals surface area contributed by atoms with Crippen LogP contribution in [0.5, 0.6) is 0 Å². The third-order valence-corrected chi connectivity index (χ3v) is 9.96. The Morgan fingerprint density at radius 3 is 1.72 bits per heavy atom. The van der Waals surface area contributed by atoms with Crippen molar-refractivity contribution in [3.8, 4) is 0 Å². The number of carbonyl (C=O) groups excluding carboxylic acids is 2. The SMILES string of the molecule is C=Cc1ccc(NC(=S)Nc2ccc(NC(C)=O)cc2)cc1Cl.CN1CCC(N(C)c2ccc(NC(=S)Nc3ccc(C(N)=O)cc3)cc2Cl)CC1.O=C(O)c1ccco1. The first-order valence-electron chi connectivity index (χ1n) is 18.4. The van der Waals surface area contributed by atoms with Crippen LogP contribution < -0.4 is 37.2 Å². The van der Waals surface area contributed by atoms with Gasteiger partial charge in [-0.2, -0.15) is 0 Å². The molecule has 0 bridgehead atoms. The number of aromatic carboxylic acids is 1. The Labute approximate surface area is 369 Å². The Hall–Kier alpha value is -5.97. The van der Waals surface area contributed by atoms with Gasteiger partial charge in [0.25, 0.3) is 0 Å². The molecule has 8 N–H and O–H groups in total. The smallest absolute Gasteiger partial charge is 0.371 e. The van der Waals surface area contributed by atoms with Crippen molar-refractivity contribution in [2.75, 3.05) is 58.7 Å². The minimum atomic E-state index is -1.03. The van der Waals surface area contributed by atoms with E-state index in [1.165, 1.54) is 25.3 Å². The minimum Gasteiger partial charge on any atom is -0.475 e. The topological polar surface area (TPSA) is 177 Å². The van der Waals surface area contributed by atoms with Crippen LogP contribution in [-0.2, 0) is 4.79 Å². The summed E-state index contributed by atoms with van der Waals surface area (Å²) in [6, 6.07) is 28.9. The molecule has 60 heavy (non-hydrogen) atoms. The second-order valence-corrected chi connectivity index (χ2v) is 15.0. The maximum absolute atomic E-state index is 11.1. The predicted molar refractivity (Wildman–Crippen MR) is 253 cm³/mol. The number of amides is 2. The Kier molecular flexibility index (Phi) is 17.9. The summed E-state index contributed by atoms with van der Waals surface area (Å²) < 4.78 is 4.50. The molecule has 0 unspecified atom stereocenters. The lowest BCUT2D eigenvalue weighted by molar-refractivity contribution is -0.114. The van der Waals surface area contributed by atoms with Gasteiger partial charge in [-0.1, -0.05) is 41.9 Å². The number of nitrogens with zero attached hydrogens (tertiary/aromatic N) is 2. The van der Waals surface area contributed by atoms with Gasteiger partial charge in [-0.15, -0.1) is 0 Å². The summed E-state index contributed by atoms with van der Waals surface area (Å²) in [5.41, 5.74) is 11.5. The summed E-state index contributed by atoms with van der Waals surface area (Å²) in [7, 11) is 4.26. The van der Waals surface area contributed by atoms with Gasteiger partial charge < -0.3 is 51.6 Å². The third kappa shape index (κ3) is 15.0. The third-order valence-electron chi connectivity index (χ3n) is 8.92. The molecule has 2 heterocycles. The van der Waals surface area contributed by atoms with E-state index in [4.69, 9.17) is 58.5 Å². The van der Waals surface area contributed by atoms with E-state index in [1.807, 2.05) is 42.5 Å². The van der Waals surface area contributed by atoms with Crippen molar-refractivity contribution in [1.29, 1.82) is 0 Å². The molecular weight excluding hydrogens is 844 g/mol. The van der Waals surface area contributed by atoms with Crippen LogP contribution in [0.3, 0.4) is 0 Å². The number of nitrogens with one attached hydrogen (secondary N) is 5. The summed E-state index contributed by atoms with van der Waals surface area (Å²) in [5.74, 6) is -1.63. The fourth-order valence-corrected chi connectivity index (χ4v) is 6.81. The number of likely N-dealkylation sites (tertiary alicyclic amines) is 1. The monoisotopic (exact) mass is 888 g/mol. The molecule has 0 saturated carbocycles. The molecule has 314 valence electrons. The quantitative estimate of drug-likeness (QED) is 0.0661.